The first-order chi connectivity index (χ1) is 23.5. The van der Waals surface area contributed by atoms with E-state index in [9.17, 15) is 14.4 Å². The fraction of sp³-hybridized carbons (Fsp3) is 0.683. The van der Waals surface area contributed by atoms with Crippen molar-refractivity contribution in [3.05, 3.63) is 60.2 Å². The zero-order valence-electron chi connectivity index (χ0n) is 33.9. The third-order valence-electron chi connectivity index (χ3n) is 11.6. The molecule has 1 fully saturated rings. The second-order valence-electron chi connectivity index (χ2n) is 17.5. The standard InChI is InChI=1S/C41H68O8Si2/c1-15-37(43)45-25-17-19-33(49-51(13,14)40(7,8)9)28-31-20-21-34(32(27-31)29-47-50(11,12)39(4,5)6)35-22-23-36(48-30(3)42)41(35,10)24-18-26-46-38(44)16-2/h15-16,20-21,27,33,35-36H,1-2,17-19,22-26,28-29H2,3-14H3/t33-,35-,36-,41-/m0/s1. The predicted molar refractivity (Wildman–Crippen MR) is 211 cm³/mol. The van der Waals surface area contributed by atoms with E-state index in [0.29, 0.717) is 26.1 Å². The van der Waals surface area contributed by atoms with Gasteiger partial charge in [-0.05, 0) is 104 Å². The van der Waals surface area contributed by atoms with Gasteiger partial charge in [0.1, 0.15) is 6.10 Å². The largest absolute Gasteiger partial charge is 0.463 e. The molecule has 51 heavy (non-hydrogen) atoms. The van der Waals surface area contributed by atoms with Gasteiger partial charge in [-0.15, -0.1) is 0 Å². The van der Waals surface area contributed by atoms with Crippen LogP contribution in [-0.4, -0.2) is 60.0 Å². The summed E-state index contributed by atoms with van der Waals surface area (Å²) in [6.07, 6.45) is 7.26. The molecule has 1 aliphatic rings. The van der Waals surface area contributed by atoms with Gasteiger partial charge in [0.25, 0.3) is 0 Å². The van der Waals surface area contributed by atoms with Crippen LogP contribution in [0.15, 0.2) is 43.5 Å². The maximum Gasteiger partial charge on any atom is 0.330 e. The molecule has 0 N–H and O–H groups in total. The molecule has 8 nitrogen and oxygen atoms in total. The van der Waals surface area contributed by atoms with Crippen molar-refractivity contribution in [2.24, 2.45) is 5.41 Å². The number of carbonyl (C=O) groups excluding carboxylic acids is 3. The Morgan fingerprint density at radius 3 is 2.00 bits per heavy atom. The normalized spacial score (nSPS) is 20.4. The molecular weight excluding hydrogens is 677 g/mol. The van der Waals surface area contributed by atoms with Gasteiger partial charge in [0.15, 0.2) is 16.6 Å². The zero-order valence-corrected chi connectivity index (χ0v) is 35.9. The van der Waals surface area contributed by atoms with Crippen LogP contribution in [0.4, 0.5) is 0 Å². The van der Waals surface area contributed by atoms with Gasteiger partial charge in [-0.3, -0.25) is 4.79 Å². The smallest absolute Gasteiger partial charge is 0.330 e. The average Bonchev–Trinajstić information content (AvgIpc) is 3.33. The highest BCUT2D eigenvalue weighted by Crippen LogP contribution is 2.54. The molecule has 0 unspecified atom stereocenters. The minimum atomic E-state index is -2.10. The van der Waals surface area contributed by atoms with E-state index in [-0.39, 0.29) is 46.2 Å². The summed E-state index contributed by atoms with van der Waals surface area (Å²) in [6, 6.07) is 6.77. The van der Waals surface area contributed by atoms with E-state index in [2.05, 4.69) is 106 Å². The van der Waals surface area contributed by atoms with E-state index in [0.717, 1.165) is 37.7 Å². The highest BCUT2D eigenvalue weighted by atomic mass is 28.4. The number of rotatable bonds is 19. The maximum atomic E-state index is 12.3. The van der Waals surface area contributed by atoms with Crippen molar-refractivity contribution in [3.8, 4) is 0 Å². The van der Waals surface area contributed by atoms with Crippen LogP contribution in [0, 0.1) is 5.41 Å². The van der Waals surface area contributed by atoms with Gasteiger partial charge in [-0.1, -0.05) is 79.8 Å². The van der Waals surface area contributed by atoms with Crippen molar-refractivity contribution in [2.45, 2.75) is 161 Å². The topological polar surface area (TPSA) is 97.4 Å². The summed E-state index contributed by atoms with van der Waals surface area (Å²) in [4.78, 5) is 35.7. The Balaban J connectivity index is 2.55. The van der Waals surface area contributed by atoms with Crippen LogP contribution in [0.3, 0.4) is 0 Å². The van der Waals surface area contributed by atoms with Crippen molar-refractivity contribution in [3.63, 3.8) is 0 Å². The minimum Gasteiger partial charge on any atom is -0.463 e. The lowest BCUT2D eigenvalue weighted by Gasteiger charge is -2.40. The molecule has 10 heteroatoms. The second kappa shape index (κ2) is 18.5. The summed E-state index contributed by atoms with van der Waals surface area (Å²) < 4.78 is 30.5. The Morgan fingerprint density at radius 2 is 1.47 bits per heavy atom. The Hall–Kier alpha value is -2.54. The summed E-state index contributed by atoms with van der Waals surface area (Å²) in [5.74, 6) is -1.02. The molecule has 1 aliphatic carbocycles. The third kappa shape index (κ3) is 12.8. The van der Waals surface area contributed by atoms with E-state index in [1.807, 2.05) is 0 Å². The number of hydrogen-bond acceptors (Lipinski definition) is 8. The van der Waals surface area contributed by atoms with Crippen LogP contribution in [0.1, 0.15) is 117 Å². The van der Waals surface area contributed by atoms with E-state index < -0.39 is 28.6 Å². The minimum absolute atomic E-state index is 0.0437. The molecule has 0 saturated heterocycles. The first kappa shape index (κ1) is 44.6. The third-order valence-corrected chi connectivity index (χ3v) is 20.6. The average molecular weight is 745 g/mol. The van der Waals surface area contributed by atoms with Gasteiger partial charge < -0.3 is 23.1 Å². The number of ether oxygens (including phenoxy) is 3. The second-order valence-corrected chi connectivity index (χ2v) is 27.1. The summed E-state index contributed by atoms with van der Waals surface area (Å²) in [6.45, 7) is 34.4. The van der Waals surface area contributed by atoms with Gasteiger partial charge in [0, 0.05) is 30.6 Å². The first-order valence-corrected chi connectivity index (χ1v) is 24.5. The van der Waals surface area contributed by atoms with Crippen molar-refractivity contribution in [1.29, 1.82) is 0 Å². The molecule has 1 aromatic rings. The van der Waals surface area contributed by atoms with Crippen molar-refractivity contribution >= 4 is 34.5 Å². The molecule has 0 spiro atoms. The predicted octanol–water partition coefficient (Wildman–Crippen LogP) is 9.98. The van der Waals surface area contributed by atoms with E-state index in [1.54, 1.807) is 0 Å². The van der Waals surface area contributed by atoms with Gasteiger partial charge in [0.05, 0.1) is 19.8 Å². The number of esters is 3. The molecule has 1 saturated carbocycles. The maximum absolute atomic E-state index is 12.3. The Bertz CT molecular complexity index is 1360. The van der Waals surface area contributed by atoms with Gasteiger partial charge in [-0.25, -0.2) is 9.59 Å². The van der Waals surface area contributed by atoms with Crippen LogP contribution in [-0.2, 0) is 50.5 Å². The van der Waals surface area contributed by atoms with Crippen molar-refractivity contribution in [1.82, 2.24) is 0 Å². The van der Waals surface area contributed by atoms with Crippen LogP contribution >= 0.6 is 0 Å². The molecular formula is C41H68O8Si2. The highest BCUT2D eigenvalue weighted by molar-refractivity contribution is 6.74. The lowest BCUT2D eigenvalue weighted by Crippen LogP contribution is -2.44. The zero-order chi connectivity index (χ0) is 38.8. The molecule has 4 atom stereocenters. The Labute approximate surface area is 311 Å². The fourth-order valence-electron chi connectivity index (χ4n) is 6.45. The summed E-state index contributed by atoms with van der Waals surface area (Å²) >= 11 is 0. The van der Waals surface area contributed by atoms with E-state index in [1.165, 1.54) is 30.2 Å². The Kier molecular flexibility index (Phi) is 16.2. The fourth-order valence-corrected chi connectivity index (χ4v) is 8.79. The SMILES string of the molecule is C=CC(=O)OCCC[C@@H](Cc1ccc([C@@H]2CC[C@H](OC(C)=O)[C@@]2(C)CCCOC(=O)C=C)c(CO[Si](C)(C)C(C)(C)C)c1)O[Si](C)(C)C(C)(C)C. The molecule has 288 valence electrons. The van der Waals surface area contributed by atoms with Gasteiger partial charge >= 0.3 is 17.9 Å². The molecule has 2 rings (SSSR count). The van der Waals surface area contributed by atoms with Crippen molar-refractivity contribution < 1.29 is 37.4 Å². The summed E-state index contributed by atoms with van der Waals surface area (Å²) in [5.41, 5.74) is 3.18. The van der Waals surface area contributed by atoms with Crippen LogP contribution in [0.5, 0.6) is 0 Å². The Morgan fingerprint density at radius 1 is 0.902 bits per heavy atom. The first-order valence-electron chi connectivity index (χ1n) is 18.7. The van der Waals surface area contributed by atoms with E-state index >= 15 is 0 Å². The molecule has 0 aromatic heterocycles. The summed E-state index contributed by atoms with van der Waals surface area (Å²) in [5, 5.41) is 0.0924. The number of benzene rings is 1. The van der Waals surface area contributed by atoms with Gasteiger partial charge in [-0.2, -0.15) is 0 Å². The monoisotopic (exact) mass is 744 g/mol. The molecule has 1 aromatic carbocycles. The summed E-state index contributed by atoms with van der Waals surface area (Å²) in [7, 11) is -4.20. The van der Waals surface area contributed by atoms with Crippen molar-refractivity contribution in [2.75, 3.05) is 13.2 Å². The van der Waals surface area contributed by atoms with E-state index in [4.69, 9.17) is 23.1 Å². The highest BCUT2D eigenvalue weighted by Gasteiger charge is 2.49. The quantitative estimate of drug-likeness (QED) is 0.0454. The van der Waals surface area contributed by atoms with Crippen LogP contribution < -0.4 is 0 Å². The lowest BCUT2D eigenvalue weighted by atomic mass is 9.70. The number of carbonyl (C=O) groups is 3. The van der Waals surface area contributed by atoms with Gasteiger partial charge in [0.2, 0.25) is 0 Å². The molecule has 0 heterocycles. The molecule has 0 amide bonds. The molecule has 0 radical (unpaired) electrons. The lowest BCUT2D eigenvalue weighted by molar-refractivity contribution is -0.152. The molecule has 0 aliphatic heterocycles. The molecule has 0 bridgehead atoms. The number of hydrogen-bond donors (Lipinski definition) is 0. The van der Waals surface area contributed by atoms with Crippen LogP contribution in [0.2, 0.25) is 36.3 Å². The van der Waals surface area contributed by atoms with Crippen LogP contribution in [0.25, 0.3) is 0 Å².